The first-order valence-electron chi connectivity index (χ1n) is 9.34. The van der Waals surface area contributed by atoms with Crippen LogP contribution in [0.1, 0.15) is 10.9 Å². The van der Waals surface area contributed by atoms with Gasteiger partial charge in [-0.25, -0.2) is 12.8 Å². The van der Waals surface area contributed by atoms with Crippen molar-refractivity contribution in [3.8, 4) is 0 Å². The van der Waals surface area contributed by atoms with E-state index in [1.54, 1.807) is 41.4 Å². The molecule has 156 valence electrons. The van der Waals surface area contributed by atoms with Crippen LogP contribution in [-0.2, 0) is 14.8 Å². The van der Waals surface area contributed by atoms with Gasteiger partial charge in [-0.1, -0.05) is 30.3 Å². The molecule has 0 N–H and O–H groups in total. The van der Waals surface area contributed by atoms with Crippen LogP contribution in [0.2, 0.25) is 0 Å². The number of aromatic nitrogens is 1. The molecule has 2 aromatic carbocycles. The maximum absolute atomic E-state index is 13.2. The molecule has 0 aliphatic carbocycles. The van der Waals surface area contributed by atoms with Gasteiger partial charge in [0.05, 0.1) is 11.3 Å². The summed E-state index contributed by atoms with van der Waals surface area (Å²) in [7, 11) is -2.29. The van der Waals surface area contributed by atoms with Gasteiger partial charge in [0.2, 0.25) is 15.9 Å². The highest BCUT2D eigenvalue weighted by molar-refractivity contribution is 8.00. The molecule has 1 amide bonds. The second-order valence-electron chi connectivity index (χ2n) is 6.96. The van der Waals surface area contributed by atoms with E-state index < -0.39 is 10.0 Å². The topological polar surface area (TPSA) is 70.6 Å². The van der Waals surface area contributed by atoms with E-state index in [0.29, 0.717) is 11.3 Å². The monoisotopic (exact) mass is 445 g/mol. The van der Waals surface area contributed by atoms with Crippen LogP contribution in [0.25, 0.3) is 10.9 Å². The highest BCUT2D eigenvalue weighted by Gasteiger charge is 2.33. The van der Waals surface area contributed by atoms with Crippen LogP contribution in [0.15, 0.2) is 65.7 Å². The molecule has 30 heavy (non-hydrogen) atoms. The van der Waals surface area contributed by atoms with Crippen LogP contribution in [-0.4, -0.2) is 54.4 Å². The molecule has 4 rings (SSSR count). The summed E-state index contributed by atoms with van der Waals surface area (Å²) in [6, 6.07) is 14.6. The molecule has 0 unspecified atom stereocenters. The summed E-state index contributed by atoms with van der Waals surface area (Å²) in [6.07, 6.45) is 1.56. The lowest BCUT2D eigenvalue weighted by Gasteiger charge is -2.26. The third kappa shape index (κ3) is 3.92. The van der Waals surface area contributed by atoms with Gasteiger partial charge in [0.15, 0.2) is 0 Å². The van der Waals surface area contributed by atoms with Crippen molar-refractivity contribution in [1.82, 2.24) is 14.2 Å². The number of likely N-dealkylation sites (N-methyl/N-ethyl adjacent to an activating group) is 1. The zero-order valence-electron chi connectivity index (χ0n) is 16.2. The minimum atomic E-state index is -3.79. The molecule has 1 aliphatic heterocycles. The number of hydrogen-bond acceptors (Lipinski definition) is 5. The maximum atomic E-state index is 13.2. The van der Waals surface area contributed by atoms with Crippen molar-refractivity contribution in [3.63, 3.8) is 0 Å². The number of thioether (sulfide) groups is 1. The summed E-state index contributed by atoms with van der Waals surface area (Å²) in [5.41, 5.74) is 1.24. The maximum Gasteiger partial charge on any atom is 0.245 e. The van der Waals surface area contributed by atoms with Gasteiger partial charge in [0.25, 0.3) is 0 Å². The summed E-state index contributed by atoms with van der Waals surface area (Å²) in [5, 5.41) is 0.489. The van der Waals surface area contributed by atoms with Gasteiger partial charge in [-0.15, -0.1) is 11.8 Å². The molecule has 1 fully saturated rings. The van der Waals surface area contributed by atoms with E-state index in [9.17, 15) is 17.6 Å². The third-order valence-electron chi connectivity index (χ3n) is 5.06. The van der Waals surface area contributed by atoms with Gasteiger partial charge >= 0.3 is 0 Å². The Labute approximate surface area is 178 Å². The standard InChI is InChI=1S/C21H20FN3O3S2/c1-24(30(27,28)18-6-2-4-15-5-3-11-23-20(15)18)12-13-25-19(26)14-29-21(25)16-7-9-17(22)10-8-16/h2-11,21H,12-14H2,1H3/t21-/m1/s1. The number of hydrogen-bond donors (Lipinski definition) is 0. The zero-order valence-corrected chi connectivity index (χ0v) is 17.9. The molecule has 1 aliphatic rings. The normalized spacial score (nSPS) is 17.2. The van der Waals surface area contributed by atoms with Gasteiger partial charge in [-0.3, -0.25) is 9.78 Å². The van der Waals surface area contributed by atoms with Crippen LogP contribution >= 0.6 is 11.8 Å². The minimum Gasteiger partial charge on any atom is -0.325 e. The van der Waals surface area contributed by atoms with Gasteiger partial charge in [-0.05, 0) is 29.8 Å². The first-order chi connectivity index (χ1) is 14.4. The first-order valence-corrected chi connectivity index (χ1v) is 11.8. The van der Waals surface area contributed by atoms with Gasteiger partial charge in [-0.2, -0.15) is 4.31 Å². The number of pyridine rings is 1. The van der Waals surface area contributed by atoms with Crippen LogP contribution in [0.5, 0.6) is 0 Å². The van der Waals surface area contributed by atoms with Crippen molar-refractivity contribution in [1.29, 1.82) is 0 Å². The predicted octanol–water partition coefficient (Wildman–Crippen LogP) is 3.27. The van der Waals surface area contributed by atoms with E-state index in [1.807, 2.05) is 12.1 Å². The van der Waals surface area contributed by atoms with E-state index >= 15 is 0 Å². The Morgan fingerprint density at radius 3 is 2.67 bits per heavy atom. The molecule has 2 heterocycles. The lowest BCUT2D eigenvalue weighted by molar-refractivity contribution is -0.128. The molecule has 0 spiro atoms. The number of amides is 1. The summed E-state index contributed by atoms with van der Waals surface area (Å²) in [4.78, 5) is 18.4. The predicted molar refractivity (Wildman–Crippen MR) is 115 cm³/mol. The highest BCUT2D eigenvalue weighted by Crippen LogP contribution is 2.38. The fourth-order valence-corrected chi connectivity index (χ4v) is 5.96. The van der Waals surface area contributed by atoms with E-state index in [-0.39, 0.29) is 35.1 Å². The Morgan fingerprint density at radius 1 is 1.17 bits per heavy atom. The van der Waals surface area contributed by atoms with Crippen LogP contribution in [0.4, 0.5) is 4.39 Å². The van der Waals surface area contributed by atoms with Crippen molar-refractivity contribution in [2.24, 2.45) is 0 Å². The molecule has 3 aromatic rings. The molecular weight excluding hydrogens is 425 g/mol. The summed E-state index contributed by atoms with van der Waals surface area (Å²) in [5.74, 6) is -0.0905. The average molecular weight is 446 g/mol. The Morgan fingerprint density at radius 2 is 1.90 bits per heavy atom. The molecule has 0 bridgehead atoms. The number of fused-ring (bicyclic) bond motifs is 1. The molecular formula is C21H20FN3O3S2. The van der Waals surface area contributed by atoms with Crippen molar-refractivity contribution in [2.45, 2.75) is 10.3 Å². The number of rotatable bonds is 6. The minimum absolute atomic E-state index is 0.0630. The van der Waals surface area contributed by atoms with Gasteiger partial charge in [0, 0.05) is 31.7 Å². The Hall–Kier alpha value is -2.49. The molecule has 9 heteroatoms. The first kappa shape index (κ1) is 20.8. The Balaban J connectivity index is 1.53. The van der Waals surface area contributed by atoms with Crippen LogP contribution in [0, 0.1) is 5.82 Å². The lowest BCUT2D eigenvalue weighted by Crippen LogP contribution is -2.38. The fourth-order valence-electron chi connectivity index (χ4n) is 3.42. The lowest BCUT2D eigenvalue weighted by atomic mass is 10.2. The van der Waals surface area contributed by atoms with Gasteiger partial charge in [0.1, 0.15) is 16.1 Å². The van der Waals surface area contributed by atoms with Crippen molar-refractivity contribution in [3.05, 3.63) is 72.2 Å². The Kier molecular flexibility index (Phi) is 5.77. The van der Waals surface area contributed by atoms with E-state index in [0.717, 1.165) is 10.9 Å². The summed E-state index contributed by atoms with van der Waals surface area (Å²) in [6.45, 7) is 0.372. The molecule has 0 saturated carbocycles. The summed E-state index contributed by atoms with van der Waals surface area (Å²) >= 11 is 1.45. The second kappa shape index (κ2) is 8.33. The van der Waals surface area contributed by atoms with Crippen molar-refractivity contribution < 1.29 is 17.6 Å². The number of sulfonamides is 1. The number of nitrogens with zero attached hydrogens (tertiary/aromatic N) is 3. The smallest absolute Gasteiger partial charge is 0.245 e. The van der Waals surface area contributed by atoms with E-state index in [4.69, 9.17) is 0 Å². The van der Waals surface area contributed by atoms with E-state index in [2.05, 4.69) is 4.98 Å². The quantitative estimate of drug-likeness (QED) is 0.583. The van der Waals surface area contributed by atoms with E-state index in [1.165, 1.54) is 35.2 Å². The SMILES string of the molecule is CN(CCN1C(=O)CS[C@@H]1c1ccc(F)cc1)S(=O)(=O)c1cccc2cccnc12. The third-order valence-corrected chi connectivity index (χ3v) is 8.21. The number of halogens is 1. The summed E-state index contributed by atoms with van der Waals surface area (Å²) < 4.78 is 40.8. The van der Waals surface area contributed by atoms with Gasteiger partial charge < -0.3 is 4.90 Å². The van der Waals surface area contributed by atoms with Crippen LogP contribution < -0.4 is 0 Å². The molecule has 1 aromatic heterocycles. The van der Waals surface area contributed by atoms with Crippen molar-refractivity contribution in [2.75, 3.05) is 25.9 Å². The Bertz CT molecular complexity index is 1180. The number of para-hydroxylation sites is 1. The second-order valence-corrected chi connectivity index (χ2v) is 10.0. The molecule has 1 atom stereocenters. The number of carbonyl (C=O) groups excluding carboxylic acids is 1. The van der Waals surface area contributed by atoms with Crippen LogP contribution in [0.3, 0.4) is 0 Å². The molecule has 0 radical (unpaired) electrons. The average Bonchev–Trinajstić information content (AvgIpc) is 3.12. The van der Waals surface area contributed by atoms with Crippen molar-refractivity contribution >= 4 is 38.6 Å². The molecule has 6 nitrogen and oxygen atoms in total. The largest absolute Gasteiger partial charge is 0.325 e. The molecule has 1 saturated heterocycles. The number of benzene rings is 2. The zero-order chi connectivity index (χ0) is 21.3. The fraction of sp³-hybridized carbons (Fsp3) is 0.238. The highest BCUT2D eigenvalue weighted by atomic mass is 32.2. The number of carbonyl (C=O) groups is 1.